The minimum absolute atomic E-state index is 0.0429. The van der Waals surface area contributed by atoms with Gasteiger partial charge in [0.1, 0.15) is 11.8 Å². The monoisotopic (exact) mass is 415 g/mol. The number of hydrogen-bond acceptors (Lipinski definition) is 7. The van der Waals surface area contributed by atoms with Crippen molar-refractivity contribution in [3.8, 4) is 6.07 Å². The molecule has 0 spiro atoms. The molecule has 1 aliphatic rings. The second-order valence-corrected chi connectivity index (χ2v) is 8.24. The van der Waals surface area contributed by atoms with E-state index in [1.807, 2.05) is 6.07 Å². The van der Waals surface area contributed by atoms with Crippen molar-refractivity contribution in [2.45, 2.75) is 4.90 Å². The van der Waals surface area contributed by atoms with Gasteiger partial charge in [-0.3, -0.25) is 14.9 Å². The van der Waals surface area contributed by atoms with E-state index >= 15 is 0 Å². The Morgan fingerprint density at radius 2 is 1.79 bits per heavy atom. The molecule has 1 heterocycles. The van der Waals surface area contributed by atoms with E-state index in [-0.39, 0.29) is 53.6 Å². The molecule has 11 heteroatoms. The van der Waals surface area contributed by atoms with Crippen LogP contribution in [0.4, 0.5) is 11.4 Å². The van der Waals surface area contributed by atoms with Crippen molar-refractivity contribution in [3.05, 3.63) is 63.7 Å². The molecule has 2 aromatic rings. The van der Waals surface area contributed by atoms with E-state index < -0.39 is 20.9 Å². The van der Waals surface area contributed by atoms with E-state index in [9.17, 15) is 23.3 Å². The number of hydrogen-bond donors (Lipinski definition) is 1. The Balaban J connectivity index is 1.75. The van der Waals surface area contributed by atoms with E-state index in [2.05, 4.69) is 0 Å². The molecular weight excluding hydrogens is 398 g/mol. The molecule has 3 rings (SSSR count). The van der Waals surface area contributed by atoms with Gasteiger partial charge in [0.05, 0.1) is 15.4 Å². The largest absolute Gasteiger partial charge is 0.393 e. The van der Waals surface area contributed by atoms with Crippen LogP contribution < -0.4 is 5.73 Å². The van der Waals surface area contributed by atoms with Crippen LogP contribution in [0.5, 0.6) is 0 Å². The van der Waals surface area contributed by atoms with E-state index in [1.54, 1.807) is 12.1 Å². The molecule has 2 aromatic carbocycles. The molecule has 0 aliphatic carbocycles. The maximum Gasteiger partial charge on any atom is 0.292 e. The summed E-state index contributed by atoms with van der Waals surface area (Å²) in [6.07, 6.45) is 0. The number of nitrogen functional groups attached to an aromatic ring is 1. The molecule has 1 aliphatic heterocycles. The highest BCUT2D eigenvalue weighted by atomic mass is 32.2. The van der Waals surface area contributed by atoms with Gasteiger partial charge >= 0.3 is 0 Å². The fourth-order valence-corrected chi connectivity index (χ4v) is 4.64. The first-order chi connectivity index (χ1) is 13.8. The maximum absolute atomic E-state index is 12.9. The summed E-state index contributed by atoms with van der Waals surface area (Å²) < 4.78 is 26.9. The Bertz CT molecular complexity index is 1120. The lowest BCUT2D eigenvalue weighted by molar-refractivity contribution is -0.383. The average molecular weight is 415 g/mol. The van der Waals surface area contributed by atoms with Crippen molar-refractivity contribution in [2.24, 2.45) is 0 Å². The van der Waals surface area contributed by atoms with Crippen molar-refractivity contribution in [2.75, 3.05) is 31.9 Å². The van der Waals surface area contributed by atoms with Crippen molar-refractivity contribution in [3.63, 3.8) is 0 Å². The zero-order chi connectivity index (χ0) is 21.2. The second kappa shape index (κ2) is 7.86. The summed E-state index contributed by atoms with van der Waals surface area (Å²) in [5, 5.41) is 20.2. The lowest BCUT2D eigenvalue weighted by Gasteiger charge is -2.34. The van der Waals surface area contributed by atoms with E-state index in [0.29, 0.717) is 0 Å². The molecule has 0 radical (unpaired) electrons. The van der Waals surface area contributed by atoms with Crippen LogP contribution >= 0.6 is 0 Å². The molecule has 1 fully saturated rings. The quantitative estimate of drug-likeness (QED) is 0.447. The highest BCUT2D eigenvalue weighted by Crippen LogP contribution is 2.25. The fourth-order valence-electron chi connectivity index (χ4n) is 3.07. The average Bonchev–Trinajstić information content (AvgIpc) is 2.73. The van der Waals surface area contributed by atoms with Crippen LogP contribution in [-0.4, -0.2) is 54.6 Å². The lowest BCUT2D eigenvalue weighted by atomic mass is 10.1. The minimum atomic E-state index is -3.88. The summed E-state index contributed by atoms with van der Waals surface area (Å²) in [6.45, 7) is 0.325. The standard InChI is InChI=1S/C18H17N5O5S/c19-12-14-3-1-2-4-17(14)29(27,28)22-9-7-21(8-10-22)18(24)13-5-6-15(20)16(11-13)23(25)26/h1-6,11H,7-10,20H2. The van der Waals surface area contributed by atoms with E-state index in [0.717, 1.165) is 6.07 Å². The van der Waals surface area contributed by atoms with Crippen LogP contribution in [0.15, 0.2) is 47.4 Å². The highest BCUT2D eigenvalue weighted by Gasteiger charge is 2.32. The molecule has 0 saturated carbocycles. The Morgan fingerprint density at radius 3 is 2.41 bits per heavy atom. The first kappa shape index (κ1) is 20.2. The van der Waals surface area contributed by atoms with Gasteiger partial charge in [0.2, 0.25) is 10.0 Å². The molecule has 0 unspecified atom stereocenters. The number of nitro benzene ring substituents is 1. The number of nitrogens with two attached hydrogens (primary N) is 1. The molecule has 10 nitrogen and oxygen atoms in total. The predicted octanol–water partition coefficient (Wildman–Crippen LogP) is 1.20. The topological polar surface area (TPSA) is 151 Å². The third-order valence-electron chi connectivity index (χ3n) is 4.63. The van der Waals surface area contributed by atoms with Crippen molar-refractivity contribution in [1.82, 2.24) is 9.21 Å². The zero-order valence-corrected chi connectivity index (χ0v) is 16.0. The molecule has 2 N–H and O–H groups in total. The normalized spacial score (nSPS) is 14.9. The number of amides is 1. The fraction of sp³-hybridized carbons (Fsp3) is 0.222. The predicted molar refractivity (Wildman–Crippen MR) is 103 cm³/mol. The van der Waals surface area contributed by atoms with Gasteiger partial charge in [-0.05, 0) is 24.3 Å². The van der Waals surface area contributed by atoms with Crippen molar-refractivity contribution in [1.29, 1.82) is 5.26 Å². The molecule has 1 saturated heterocycles. The number of carbonyl (C=O) groups excluding carboxylic acids is 1. The number of piperazine rings is 1. The number of anilines is 1. The van der Waals surface area contributed by atoms with Gasteiger partial charge in [-0.15, -0.1) is 0 Å². The number of nitro groups is 1. The summed E-state index contributed by atoms with van der Waals surface area (Å²) in [6, 6.07) is 11.6. The molecule has 1 amide bonds. The van der Waals surface area contributed by atoms with Gasteiger partial charge in [0.25, 0.3) is 11.6 Å². The number of nitriles is 1. The molecule has 29 heavy (non-hydrogen) atoms. The van der Waals surface area contributed by atoms with Gasteiger partial charge in [-0.25, -0.2) is 8.42 Å². The van der Waals surface area contributed by atoms with Crippen LogP contribution in [0, 0.1) is 21.4 Å². The highest BCUT2D eigenvalue weighted by molar-refractivity contribution is 7.89. The smallest absolute Gasteiger partial charge is 0.292 e. The molecule has 0 atom stereocenters. The number of nitrogens with zero attached hydrogens (tertiary/aromatic N) is 4. The summed E-state index contributed by atoms with van der Waals surface area (Å²) in [7, 11) is -3.88. The third kappa shape index (κ3) is 3.89. The summed E-state index contributed by atoms with van der Waals surface area (Å²) in [5.41, 5.74) is 5.32. The molecule has 0 aromatic heterocycles. The number of sulfonamides is 1. The van der Waals surface area contributed by atoms with Gasteiger partial charge < -0.3 is 10.6 Å². The first-order valence-electron chi connectivity index (χ1n) is 8.58. The lowest BCUT2D eigenvalue weighted by Crippen LogP contribution is -2.50. The van der Waals surface area contributed by atoms with Crippen LogP contribution in [0.3, 0.4) is 0 Å². The Kier molecular flexibility index (Phi) is 5.49. The third-order valence-corrected chi connectivity index (χ3v) is 6.58. The molecule has 150 valence electrons. The Morgan fingerprint density at radius 1 is 1.14 bits per heavy atom. The minimum Gasteiger partial charge on any atom is -0.393 e. The number of benzene rings is 2. The van der Waals surface area contributed by atoms with E-state index in [1.165, 1.54) is 33.5 Å². The van der Waals surface area contributed by atoms with Gasteiger partial charge in [0, 0.05) is 37.8 Å². The summed E-state index contributed by atoms with van der Waals surface area (Å²) in [5.74, 6) is -0.442. The van der Waals surface area contributed by atoms with Crippen molar-refractivity contribution < 1.29 is 18.1 Å². The maximum atomic E-state index is 12.9. The van der Waals surface area contributed by atoms with Crippen LogP contribution in [0.1, 0.15) is 15.9 Å². The Labute approximate surface area is 166 Å². The first-order valence-corrected chi connectivity index (χ1v) is 10.0. The molecule has 0 bridgehead atoms. The van der Waals surface area contributed by atoms with Crippen molar-refractivity contribution >= 4 is 27.3 Å². The Hall–Kier alpha value is -3.49. The molecular formula is C18H17N5O5S. The van der Waals surface area contributed by atoms with Crippen LogP contribution in [-0.2, 0) is 10.0 Å². The summed E-state index contributed by atoms with van der Waals surface area (Å²) >= 11 is 0. The SMILES string of the molecule is N#Cc1ccccc1S(=O)(=O)N1CCN(C(=O)c2ccc(N)c([N+](=O)[O-])c2)CC1. The van der Waals surface area contributed by atoms with Crippen LogP contribution in [0.25, 0.3) is 0 Å². The van der Waals surface area contributed by atoms with E-state index in [4.69, 9.17) is 11.0 Å². The summed E-state index contributed by atoms with van der Waals surface area (Å²) in [4.78, 5) is 24.4. The number of carbonyl (C=O) groups is 1. The van der Waals surface area contributed by atoms with Crippen LogP contribution in [0.2, 0.25) is 0 Å². The van der Waals surface area contributed by atoms with Gasteiger partial charge in [-0.1, -0.05) is 12.1 Å². The van der Waals surface area contributed by atoms with Gasteiger partial charge in [-0.2, -0.15) is 9.57 Å². The second-order valence-electron chi connectivity index (χ2n) is 6.33. The zero-order valence-electron chi connectivity index (χ0n) is 15.2. The van der Waals surface area contributed by atoms with Gasteiger partial charge in [0.15, 0.2) is 0 Å². The number of rotatable bonds is 4.